The zero-order valence-electron chi connectivity index (χ0n) is 16.0. The van der Waals surface area contributed by atoms with E-state index in [0.717, 1.165) is 36.6 Å². The van der Waals surface area contributed by atoms with E-state index in [1.54, 1.807) is 6.07 Å². The smallest absolute Gasteiger partial charge is 0.308 e. The van der Waals surface area contributed by atoms with E-state index in [1.165, 1.54) is 19.8 Å². The largest absolute Gasteiger partial charge is 0.479 e. The Morgan fingerprint density at radius 3 is 2.86 bits per heavy atom. The number of nitrogens with zero attached hydrogens (tertiary/aromatic N) is 1. The Bertz CT molecular complexity index is 868. The van der Waals surface area contributed by atoms with Gasteiger partial charge >= 0.3 is 5.97 Å². The molecule has 1 spiro atoms. The molecule has 4 nitrogen and oxygen atoms in total. The van der Waals surface area contributed by atoms with Gasteiger partial charge in [-0.05, 0) is 62.1 Å². The van der Waals surface area contributed by atoms with Crippen LogP contribution in [0.5, 0.6) is 11.5 Å². The summed E-state index contributed by atoms with van der Waals surface area (Å²) in [6.07, 6.45) is 3.45. The topological polar surface area (TPSA) is 38.8 Å². The normalized spacial score (nSPS) is 37.2. The van der Waals surface area contributed by atoms with E-state index >= 15 is 8.78 Å². The lowest BCUT2D eigenvalue weighted by atomic mass is 9.51. The first-order valence-electron chi connectivity index (χ1n) is 10.5. The minimum atomic E-state index is -2.86. The second-order valence-electron chi connectivity index (χ2n) is 9.42. The van der Waals surface area contributed by atoms with Crippen LogP contribution in [-0.4, -0.2) is 42.0 Å². The molecule has 2 heterocycles. The molecule has 1 aromatic rings. The summed E-state index contributed by atoms with van der Waals surface area (Å²) in [5.41, 5.74) is 1.38. The van der Waals surface area contributed by atoms with Crippen LogP contribution in [-0.2, 0) is 16.6 Å². The fraction of sp³-hybridized carbons (Fsp3) is 0.682. The van der Waals surface area contributed by atoms with Gasteiger partial charge < -0.3 is 9.47 Å². The van der Waals surface area contributed by atoms with E-state index in [2.05, 4.69) is 4.90 Å². The first kappa shape index (κ1) is 17.2. The minimum Gasteiger partial charge on any atom is -0.479 e. The third-order valence-corrected chi connectivity index (χ3v) is 7.83. The third-order valence-electron chi connectivity index (χ3n) is 7.83. The first-order chi connectivity index (χ1) is 13.4. The van der Waals surface area contributed by atoms with Crippen molar-refractivity contribution in [1.82, 2.24) is 4.90 Å². The maximum atomic E-state index is 15.1. The van der Waals surface area contributed by atoms with Crippen molar-refractivity contribution in [2.75, 3.05) is 13.1 Å². The van der Waals surface area contributed by atoms with Crippen LogP contribution < -0.4 is 9.47 Å². The predicted octanol–water partition coefficient (Wildman–Crippen LogP) is 3.70. The molecular formula is C22H25F2NO3. The summed E-state index contributed by atoms with van der Waals surface area (Å²) >= 11 is 0. The average Bonchev–Trinajstić information content (AvgIpc) is 3.37. The molecule has 150 valence electrons. The Labute approximate surface area is 163 Å². The Hall–Kier alpha value is -1.69. The molecule has 5 aliphatic rings. The zero-order chi connectivity index (χ0) is 19.3. The molecule has 0 aromatic heterocycles. The van der Waals surface area contributed by atoms with Crippen LogP contribution in [0.25, 0.3) is 0 Å². The molecule has 28 heavy (non-hydrogen) atoms. The number of likely N-dealkylation sites (tertiary alicyclic amines) is 1. The van der Waals surface area contributed by atoms with Crippen molar-refractivity contribution in [3.8, 4) is 11.5 Å². The quantitative estimate of drug-likeness (QED) is 0.584. The molecule has 0 unspecified atom stereocenters. The predicted molar refractivity (Wildman–Crippen MR) is 97.9 cm³/mol. The summed E-state index contributed by atoms with van der Waals surface area (Å²) in [5, 5.41) is 0. The van der Waals surface area contributed by atoms with E-state index in [0.29, 0.717) is 30.4 Å². The van der Waals surface area contributed by atoms with Crippen LogP contribution >= 0.6 is 0 Å². The summed E-state index contributed by atoms with van der Waals surface area (Å²) < 4.78 is 41.6. The van der Waals surface area contributed by atoms with Crippen molar-refractivity contribution in [1.29, 1.82) is 0 Å². The van der Waals surface area contributed by atoms with Crippen molar-refractivity contribution in [3.63, 3.8) is 0 Å². The van der Waals surface area contributed by atoms with Gasteiger partial charge in [-0.3, -0.25) is 9.69 Å². The maximum absolute atomic E-state index is 15.1. The Morgan fingerprint density at radius 2 is 2.11 bits per heavy atom. The molecule has 1 saturated heterocycles. The Morgan fingerprint density at radius 1 is 1.29 bits per heavy atom. The van der Waals surface area contributed by atoms with Crippen LogP contribution in [0.15, 0.2) is 12.1 Å². The number of benzene rings is 1. The second kappa shape index (κ2) is 5.47. The monoisotopic (exact) mass is 389 g/mol. The summed E-state index contributed by atoms with van der Waals surface area (Å²) in [4.78, 5) is 14.1. The first-order valence-corrected chi connectivity index (χ1v) is 10.5. The van der Waals surface area contributed by atoms with Gasteiger partial charge in [-0.15, -0.1) is 0 Å². The maximum Gasteiger partial charge on any atom is 0.308 e. The summed E-state index contributed by atoms with van der Waals surface area (Å²) in [7, 11) is 0. The molecular weight excluding hydrogens is 364 g/mol. The molecule has 4 atom stereocenters. The summed E-state index contributed by atoms with van der Waals surface area (Å²) in [6.45, 7) is 3.29. The fourth-order valence-corrected chi connectivity index (χ4v) is 6.65. The van der Waals surface area contributed by atoms with E-state index < -0.39 is 23.4 Å². The molecule has 2 bridgehead atoms. The van der Waals surface area contributed by atoms with Crippen LogP contribution in [0.4, 0.5) is 8.78 Å². The molecule has 6 heteroatoms. The molecule has 1 aromatic carbocycles. The highest BCUT2D eigenvalue weighted by Crippen LogP contribution is 2.66. The van der Waals surface area contributed by atoms with Crippen molar-refractivity contribution in [2.45, 2.75) is 68.9 Å². The minimum absolute atomic E-state index is 0.121. The van der Waals surface area contributed by atoms with Gasteiger partial charge in [0, 0.05) is 36.9 Å². The average molecular weight is 389 g/mol. The van der Waals surface area contributed by atoms with E-state index in [-0.39, 0.29) is 12.3 Å². The fourth-order valence-electron chi connectivity index (χ4n) is 6.65. The Balaban J connectivity index is 1.51. The van der Waals surface area contributed by atoms with Gasteiger partial charge in [0.1, 0.15) is 0 Å². The number of carbonyl (C=O) groups is 1. The van der Waals surface area contributed by atoms with E-state index in [4.69, 9.17) is 9.47 Å². The molecule has 2 aliphatic heterocycles. The lowest BCUT2D eigenvalue weighted by Crippen LogP contribution is -2.68. The third kappa shape index (κ3) is 2.15. The van der Waals surface area contributed by atoms with Crippen molar-refractivity contribution in [2.24, 2.45) is 11.8 Å². The van der Waals surface area contributed by atoms with Gasteiger partial charge in [0.25, 0.3) is 5.92 Å². The molecule has 0 N–H and O–H groups in total. The van der Waals surface area contributed by atoms with Gasteiger partial charge in [-0.25, -0.2) is 8.78 Å². The van der Waals surface area contributed by atoms with Crippen LogP contribution in [0, 0.1) is 11.8 Å². The number of carbonyl (C=O) groups excluding carboxylic acids is 1. The summed E-state index contributed by atoms with van der Waals surface area (Å²) in [5.74, 6) is -1.64. The number of hydrogen-bond donors (Lipinski definition) is 0. The number of hydrogen-bond acceptors (Lipinski definition) is 4. The molecule has 0 radical (unpaired) electrons. The van der Waals surface area contributed by atoms with Crippen LogP contribution in [0.3, 0.4) is 0 Å². The molecule has 6 rings (SSSR count). The molecule has 3 fully saturated rings. The number of ether oxygens (including phenoxy) is 2. The van der Waals surface area contributed by atoms with Gasteiger partial charge in [0.05, 0.1) is 0 Å². The summed E-state index contributed by atoms with van der Waals surface area (Å²) in [6, 6.07) is 4.01. The van der Waals surface area contributed by atoms with Gasteiger partial charge in [-0.2, -0.15) is 0 Å². The molecule has 2 saturated carbocycles. The zero-order valence-corrected chi connectivity index (χ0v) is 16.0. The van der Waals surface area contributed by atoms with Crippen LogP contribution in [0.2, 0.25) is 0 Å². The van der Waals surface area contributed by atoms with Crippen molar-refractivity contribution >= 4 is 5.97 Å². The number of piperidine rings is 1. The number of rotatable bonds is 3. The van der Waals surface area contributed by atoms with Crippen molar-refractivity contribution in [3.05, 3.63) is 23.3 Å². The highest BCUT2D eigenvalue weighted by molar-refractivity contribution is 5.72. The van der Waals surface area contributed by atoms with Crippen molar-refractivity contribution < 1.29 is 23.0 Å². The van der Waals surface area contributed by atoms with Crippen LogP contribution in [0.1, 0.15) is 50.2 Å². The molecule has 3 aliphatic carbocycles. The Kier molecular flexibility index (Phi) is 3.36. The second-order valence-corrected chi connectivity index (χ2v) is 9.42. The lowest BCUT2D eigenvalue weighted by molar-refractivity contribution is -0.182. The van der Waals surface area contributed by atoms with E-state index in [1.807, 2.05) is 6.07 Å². The number of halogens is 2. The van der Waals surface area contributed by atoms with E-state index in [9.17, 15) is 4.79 Å². The van der Waals surface area contributed by atoms with Gasteiger partial charge in [0.2, 0.25) is 0 Å². The number of alkyl halides is 2. The number of esters is 1. The SMILES string of the molecule is CC(=O)Oc1ccc2c3c1O[C@H]1C(F)(F)CC[C@H]4[C@@H](C2)N(CC2CC2)CC[C@@]341. The highest BCUT2D eigenvalue weighted by Gasteiger charge is 2.71. The molecule has 0 amide bonds. The standard InChI is InChI=1S/C22H25F2NO3/c1-12(26)27-17-5-4-14-10-16-15-6-7-22(23,24)20-21(15,18(14)19(17)28-20)8-9-25(16)11-13-2-3-13/h4-5,13,15-16,20H,2-3,6-11H2,1H3/t15-,16+,20+,21-/m0/s1. The van der Waals surface area contributed by atoms with Gasteiger partial charge in [0.15, 0.2) is 17.6 Å². The highest BCUT2D eigenvalue weighted by atomic mass is 19.3. The van der Waals surface area contributed by atoms with Gasteiger partial charge in [-0.1, -0.05) is 6.07 Å². The lowest BCUT2D eigenvalue weighted by Gasteiger charge is -2.59.